The van der Waals surface area contributed by atoms with E-state index in [0.29, 0.717) is 21.5 Å². The van der Waals surface area contributed by atoms with E-state index >= 15 is 0 Å². The minimum absolute atomic E-state index is 0.207. The molecule has 1 aromatic carbocycles. The summed E-state index contributed by atoms with van der Waals surface area (Å²) < 4.78 is 13.6. The monoisotopic (exact) mass is 342 g/mol. The smallest absolute Gasteiger partial charge is 0.289 e. The summed E-state index contributed by atoms with van der Waals surface area (Å²) in [5, 5.41) is 12.2. The lowest BCUT2D eigenvalue weighted by atomic mass is 10.2. The molecule has 120 valence electrons. The number of nitrogens with one attached hydrogen (secondary N) is 2. The number of fused-ring (bicyclic) bond motifs is 1. The number of anilines is 3. The third-order valence-electron chi connectivity index (χ3n) is 3.57. The van der Waals surface area contributed by atoms with E-state index in [9.17, 15) is 9.18 Å². The number of thiophene rings is 1. The van der Waals surface area contributed by atoms with Gasteiger partial charge in [-0.1, -0.05) is 17.4 Å². The Morgan fingerprint density at radius 1 is 1.38 bits per heavy atom. The van der Waals surface area contributed by atoms with Crippen molar-refractivity contribution in [2.75, 3.05) is 16.8 Å². The molecule has 0 spiro atoms. The number of aromatic nitrogens is 1. The van der Waals surface area contributed by atoms with Crippen LogP contribution in [-0.2, 0) is 0 Å². The van der Waals surface area contributed by atoms with Crippen LogP contribution in [0.25, 0.3) is 10.2 Å². The lowest BCUT2D eigenvalue weighted by Crippen LogP contribution is -2.12. The number of halogens is 1. The average molecular weight is 342 g/mol. The van der Waals surface area contributed by atoms with E-state index in [0.717, 1.165) is 11.3 Å². The van der Waals surface area contributed by atoms with Crippen molar-refractivity contribution in [3.63, 3.8) is 0 Å². The normalized spacial score (nSPS) is 10.5. The maximum atomic E-state index is 13.6. The number of rotatable bonds is 2. The van der Waals surface area contributed by atoms with Gasteiger partial charge in [-0.3, -0.25) is 10.5 Å². The molecule has 0 saturated heterocycles. The van der Waals surface area contributed by atoms with E-state index in [1.165, 1.54) is 12.1 Å². The SMILES string of the molecule is Cc1ccc(NC(=O)c2sc3[nH+]c(N)c(C#N)cc3c2N)cc1F. The van der Waals surface area contributed by atoms with Crippen molar-refractivity contribution in [3.05, 3.63) is 46.1 Å². The summed E-state index contributed by atoms with van der Waals surface area (Å²) in [5.74, 6) is -0.655. The summed E-state index contributed by atoms with van der Waals surface area (Å²) in [7, 11) is 0. The maximum Gasteiger partial charge on any atom is 0.289 e. The average Bonchev–Trinajstić information content (AvgIpc) is 2.86. The van der Waals surface area contributed by atoms with Gasteiger partial charge in [0.15, 0.2) is 4.83 Å². The van der Waals surface area contributed by atoms with E-state index in [1.807, 2.05) is 6.07 Å². The van der Waals surface area contributed by atoms with Crippen LogP contribution >= 0.6 is 11.3 Å². The van der Waals surface area contributed by atoms with Crippen LogP contribution in [0, 0.1) is 24.1 Å². The highest BCUT2D eigenvalue weighted by molar-refractivity contribution is 7.20. The molecular weight excluding hydrogens is 329 g/mol. The van der Waals surface area contributed by atoms with Gasteiger partial charge in [-0.2, -0.15) is 5.26 Å². The molecule has 0 radical (unpaired) electrons. The Morgan fingerprint density at radius 3 is 2.79 bits per heavy atom. The van der Waals surface area contributed by atoms with Crippen molar-refractivity contribution in [2.45, 2.75) is 6.92 Å². The molecule has 6 N–H and O–H groups in total. The van der Waals surface area contributed by atoms with Crippen LogP contribution in [0.4, 0.5) is 21.6 Å². The van der Waals surface area contributed by atoms with Gasteiger partial charge in [-0.05, 0) is 30.7 Å². The molecule has 0 fully saturated rings. The number of hydrogen-bond donors (Lipinski definition) is 3. The van der Waals surface area contributed by atoms with Crippen LogP contribution < -0.4 is 21.8 Å². The fourth-order valence-corrected chi connectivity index (χ4v) is 3.23. The van der Waals surface area contributed by atoms with E-state index in [-0.39, 0.29) is 21.9 Å². The number of amides is 1. The number of pyridine rings is 1. The van der Waals surface area contributed by atoms with Crippen LogP contribution in [0.15, 0.2) is 24.3 Å². The Morgan fingerprint density at radius 2 is 2.12 bits per heavy atom. The van der Waals surface area contributed by atoms with E-state index in [1.54, 1.807) is 19.1 Å². The van der Waals surface area contributed by atoms with Crippen LogP contribution in [0.5, 0.6) is 0 Å². The van der Waals surface area contributed by atoms with Crippen LogP contribution in [0.3, 0.4) is 0 Å². The Bertz CT molecular complexity index is 1020. The number of benzene rings is 1. The first kappa shape index (κ1) is 15.7. The molecule has 0 unspecified atom stereocenters. The van der Waals surface area contributed by atoms with Gasteiger partial charge < -0.3 is 11.1 Å². The molecule has 0 bridgehead atoms. The topological polar surface area (TPSA) is 119 Å². The summed E-state index contributed by atoms with van der Waals surface area (Å²) >= 11 is 1.12. The predicted octanol–water partition coefficient (Wildman–Crippen LogP) is 2.45. The molecule has 0 aliphatic heterocycles. The van der Waals surface area contributed by atoms with Gasteiger partial charge in [0, 0.05) is 5.69 Å². The fourth-order valence-electron chi connectivity index (χ4n) is 2.22. The second-order valence-corrected chi connectivity index (χ2v) is 6.23. The maximum absolute atomic E-state index is 13.6. The summed E-state index contributed by atoms with van der Waals surface area (Å²) in [6.45, 7) is 1.64. The van der Waals surface area contributed by atoms with Gasteiger partial charge in [0.2, 0.25) is 0 Å². The number of nitriles is 1. The zero-order chi connectivity index (χ0) is 17.4. The van der Waals surface area contributed by atoms with Crippen molar-refractivity contribution < 1.29 is 14.2 Å². The quantitative estimate of drug-likeness (QED) is 0.662. The summed E-state index contributed by atoms with van der Waals surface area (Å²) in [4.78, 5) is 16.1. The lowest BCUT2D eigenvalue weighted by molar-refractivity contribution is -0.323. The number of carbonyl (C=O) groups is 1. The van der Waals surface area contributed by atoms with Crippen molar-refractivity contribution in [1.82, 2.24) is 0 Å². The third kappa shape index (κ3) is 2.61. The van der Waals surface area contributed by atoms with Gasteiger partial charge in [0.1, 0.15) is 22.3 Å². The molecule has 0 atom stereocenters. The first-order valence-corrected chi connectivity index (χ1v) is 7.73. The minimum Gasteiger partial charge on any atom is -0.397 e. The summed E-state index contributed by atoms with van der Waals surface area (Å²) in [5.41, 5.74) is 13.1. The molecule has 2 aromatic heterocycles. The molecule has 0 aliphatic rings. The van der Waals surface area contributed by atoms with Crippen molar-refractivity contribution in [3.8, 4) is 6.07 Å². The number of nitrogens with two attached hydrogens (primary N) is 2. The van der Waals surface area contributed by atoms with Gasteiger partial charge in [0.05, 0.1) is 11.1 Å². The van der Waals surface area contributed by atoms with E-state index < -0.39 is 11.7 Å². The number of H-pyrrole nitrogens is 1. The number of hydrogen-bond acceptors (Lipinski definition) is 5. The predicted molar refractivity (Wildman–Crippen MR) is 91.0 cm³/mol. The van der Waals surface area contributed by atoms with Gasteiger partial charge in [-0.15, -0.1) is 0 Å². The lowest BCUT2D eigenvalue weighted by Gasteiger charge is -2.05. The number of nitrogen functional groups attached to an aromatic ring is 2. The number of carbonyl (C=O) groups excluding carboxylic acids is 1. The zero-order valence-electron chi connectivity index (χ0n) is 12.6. The Hall–Kier alpha value is -3.18. The molecule has 3 rings (SSSR count). The van der Waals surface area contributed by atoms with Crippen LogP contribution in [0.2, 0.25) is 0 Å². The highest BCUT2D eigenvalue weighted by atomic mass is 32.1. The number of aromatic amines is 1. The second-order valence-electron chi connectivity index (χ2n) is 5.21. The van der Waals surface area contributed by atoms with Gasteiger partial charge in [0.25, 0.3) is 11.7 Å². The second kappa shape index (κ2) is 5.79. The molecule has 24 heavy (non-hydrogen) atoms. The van der Waals surface area contributed by atoms with Gasteiger partial charge >= 0.3 is 0 Å². The van der Waals surface area contributed by atoms with Crippen molar-refractivity contribution in [2.24, 2.45) is 0 Å². The molecule has 3 aromatic rings. The number of aryl methyl sites for hydroxylation is 1. The van der Waals surface area contributed by atoms with Crippen molar-refractivity contribution in [1.29, 1.82) is 5.26 Å². The molecular formula is C16H13FN5OS+. The zero-order valence-corrected chi connectivity index (χ0v) is 13.4. The van der Waals surface area contributed by atoms with Crippen LogP contribution in [0.1, 0.15) is 20.8 Å². The van der Waals surface area contributed by atoms with Gasteiger partial charge in [-0.25, -0.2) is 9.37 Å². The van der Waals surface area contributed by atoms with E-state index in [4.69, 9.17) is 16.7 Å². The molecule has 0 aliphatic carbocycles. The Kier molecular flexibility index (Phi) is 3.79. The van der Waals surface area contributed by atoms with Crippen LogP contribution in [-0.4, -0.2) is 5.91 Å². The highest BCUT2D eigenvalue weighted by Crippen LogP contribution is 2.33. The highest BCUT2D eigenvalue weighted by Gasteiger charge is 2.21. The first-order chi connectivity index (χ1) is 11.4. The Labute approximate surface area is 140 Å². The largest absolute Gasteiger partial charge is 0.397 e. The molecule has 6 nitrogen and oxygen atoms in total. The molecule has 0 saturated carbocycles. The Balaban J connectivity index is 1.99. The summed E-state index contributed by atoms with van der Waals surface area (Å²) in [6, 6.07) is 7.92. The third-order valence-corrected chi connectivity index (χ3v) is 4.70. The molecule has 8 heteroatoms. The standard InChI is InChI=1S/C16H12FN5OS/c1-7-2-3-9(5-11(7)17)21-15(23)13-12(19)10-4-8(6-18)14(20)22-16(10)24-13/h2-5H,19H2,1H3,(H2,20,22)(H,21,23)/p+1. The fraction of sp³-hybridized carbons (Fsp3) is 0.0625. The molecule has 2 heterocycles. The minimum atomic E-state index is -0.456. The van der Waals surface area contributed by atoms with Crippen molar-refractivity contribution >= 4 is 44.7 Å². The summed E-state index contributed by atoms with van der Waals surface area (Å²) in [6.07, 6.45) is 0. The first-order valence-electron chi connectivity index (χ1n) is 6.92. The van der Waals surface area contributed by atoms with E-state index in [2.05, 4.69) is 10.3 Å². The number of nitrogens with zero attached hydrogens (tertiary/aromatic N) is 1. The molecule has 1 amide bonds.